The Labute approximate surface area is 220 Å². The van der Waals surface area contributed by atoms with E-state index < -0.39 is 6.03 Å². The van der Waals surface area contributed by atoms with E-state index in [1.165, 1.54) is 43.4 Å². The van der Waals surface area contributed by atoms with Gasteiger partial charge in [-0.2, -0.15) is 5.10 Å². The second kappa shape index (κ2) is 11.0. The van der Waals surface area contributed by atoms with Crippen LogP contribution in [0.4, 0.5) is 10.5 Å². The molecule has 2 aliphatic rings. The number of benzene rings is 2. The van der Waals surface area contributed by atoms with Crippen LogP contribution in [0.3, 0.4) is 0 Å². The van der Waals surface area contributed by atoms with E-state index in [-0.39, 0.29) is 0 Å². The Morgan fingerprint density at radius 2 is 1.89 bits per heavy atom. The average Bonchev–Trinajstić information content (AvgIpc) is 3.26. The lowest BCUT2D eigenvalue weighted by molar-refractivity contribution is 0.141. The summed E-state index contributed by atoms with van der Waals surface area (Å²) in [5.74, 6) is 1.28. The molecule has 5 rings (SSSR count). The van der Waals surface area contributed by atoms with Crippen LogP contribution in [0.15, 0.2) is 42.5 Å². The Morgan fingerprint density at radius 1 is 1.14 bits per heavy atom. The van der Waals surface area contributed by atoms with Gasteiger partial charge in [0.1, 0.15) is 11.4 Å². The van der Waals surface area contributed by atoms with Crippen molar-refractivity contribution in [2.75, 3.05) is 18.5 Å². The number of nitrogens with zero attached hydrogens (tertiary/aromatic N) is 3. The molecule has 1 aromatic heterocycles. The predicted molar refractivity (Wildman–Crippen MR) is 148 cm³/mol. The van der Waals surface area contributed by atoms with Crippen LogP contribution >= 0.6 is 0 Å². The van der Waals surface area contributed by atoms with E-state index in [9.17, 15) is 4.79 Å². The molecule has 3 aromatic rings. The number of aromatic nitrogens is 2. The number of amides is 2. The lowest BCUT2D eigenvalue weighted by Gasteiger charge is -2.36. The van der Waals surface area contributed by atoms with Crippen LogP contribution in [0.1, 0.15) is 62.8 Å². The number of hydrogen-bond donors (Lipinski definition) is 2. The third kappa shape index (κ3) is 5.52. The third-order valence-electron chi connectivity index (χ3n) is 7.57. The summed E-state index contributed by atoms with van der Waals surface area (Å²) in [6.07, 6.45) is 7.54. The van der Waals surface area contributed by atoms with Crippen molar-refractivity contribution in [2.45, 2.75) is 71.9 Å². The molecule has 1 aliphatic carbocycles. The molecule has 1 fully saturated rings. The second-order valence-corrected chi connectivity index (χ2v) is 10.9. The van der Waals surface area contributed by atoms with Crippen molar-refractivity contribution in [3.63, 3.8) is 0 Å². The first kappa shape index (κ1) is 25.3. The van der Waals surface area contributed by atoms with Crippen LogP contribution in [-0.2, 0) is 13.0 Å². The molecule has 1 saturated carbocycles. The fourth-order valence-electron chi connectivity index (χ4n) is 5.74. The van der Waals surface area contributed by atoms with Crippen molar-refractivity contribution in [3.05, 3.63) is 59.3 Å². The van der Waals surface area contributed by atoms with E-state index in [0.29, 0.717) is 24.3 Å². The highest BCUT2D eigenvalue weighted by molar-refractivity contribution is 5.88. The Hall–Kier alpha value is -3.32. The molecule has 7 heteroatoms. The summed E-state index contributed by atoms with van der Waals surface area (Å²) >= 11 is 0. The first-order valence-corrected chi connectivity index (χ1v) is 13.6. The molecular weight excluding hydrogens is 462 g/mol. The van der Waals surface area contributed by atoms with E-state index in [4.69, 9.17) is 15.6 Å². The molecule has 37 heavy (non-hydrogen) atoms. The molecule has 2 heterocycles. The number of nitrogens with two attached hydrogens (primary N) is 1. The highest BCUT2D eigenvalue weighted by Gasteiger charge is 2.31. The quantitative estimate of drug-likeness (QED) is 0.412. The van der Waals surface area contributed by atoms with Gasteiger partial charge in [-0.3, -0.25) is 4.90 Å². The van der Waals surface area contributed by atoms with E-state index in [1.54, 1.807) is 0 Å². The maximum Gasteiger partial charge on any atom is 0.316 e. The highest BCUT2D eigenvalue weighted by atomic mass is 16.5. The number of rotatable bonds is 7. The van der Waals surface area contributed by atoms with E-state index in [0.717, 1.165) is 47.8 Å². The van der Waals surface area contributed by atoms with E-state index in [2.05, 4.69) is 41.7 Å². The number of urea groups is 1. The maximum absolute atomic E-state index is 11.4. The monoisotopic (exact) mass is 501 g/mol. The van der Waals surface area contributed by atoms with Gasteiger partial charge >= 0.3 is 6.03 Å². The Kier molecular flexibility index (Phi) is 7.51. The molecule has 0 bridgehead atoms. The molecule has 196 valence electrons. The number of hydrogen-bond acceptors (Lipinski definition) is 4. The molecule has 0 radical (unpaired) electrons. The summed E-state index contributed by atoms with van der Waals surface area (Å²) in [5, 5.41) is 7.89. The van der Waals surface area contributed by atoms with Crippen LogP contribution < -0.4 is 15.8 Å². The summed E-state index contributed by atoms with van der Waals surface area (Å²) < 4.78 is 8.41. The van der Waals surface area contributed by atoms with Crippen LogP contribution in [-0.4, -0.2) is 39.9 Å². The zero-order chi connectivity index (χ0) is 25.9. The maximum atomic E-state index is 11.4. The molecule has 3 N–H and O–H groups in total. The molecule has 0 saturated heterocycles. The lowest BCUT2D eigenvalue weighted by Crippen LogP contribution is -2.40. The van der Waals surface area contributed by atoms with Gasteiger partial charge in [0, 0.05) is 42.4 Å². The molecular formula is C30H39N5O2. The molecule has 0 unspecified atom stereocenters. The number of anilines is 1. The standard InChI is InChI=1S/C30H39N5O2/c1-20(2)19-37-27-11-7-8-21(3)28(27)35-29(22-12-14-23(15-13-22)32-30(31)36)25-18-34(17-16-26(25)33-35)24-9-5-4-6-10-24/h7-8,11-15,20,24H,4-6,9-10,16-19H2,1-3H3,(H3,31,32,36). The normalized spacial score (nSPS) is 16.5. The summed E-state index contributed by atoms with van der Waals surface area (Å²) in [5.41, 5.74) is 12.8. The smallest absolute Gasteiger partial charge is 0.316 e. The number of carbonyl (C=O) groups excluding carboxylic acids is 1. The van der Waals surface area contributed by atoms with Gasteiger partial charge in [-0.25, -0.2) is 9.48 Å². The number of carbonyl (C=O) groups is 1. The fourth-order valence-corrected chi connectivity index (χ4v) is 5.74. The Balaban J connectivity index is 1.61. The van der Waals surface area contributed by atoms with Crippen molar-refractivity contribution in [2.24, 2.45) is 11.7 Å². The van der Waals surface area contributed by atoms with Crippen LogP contribution in [0.25, 0.3) is 16.9 Å². The minimum Gasteiger partial charge on any atom is -0.491 e. The number of ether oxygens (including phenoxy) is 1. The van der Waals surface area contributed by atoms with Gasteiger partial charge in [0.15, 0.2) is 0 Å². The molecule has 0 atom stereocenters. The minimum atomic E-state index is -0.565. The van der Waals surface area contributed by atoms with Crippen LogP contribution in [0, 0.1) is 12.8 Å². The zero-order valence-electron chi connectivity index (χ0n) is 22.3. The molecule has 1 aliphatic heterocycles. The van der Waals surface area contributed by atoms with Crippen molar-refractivity contribution in [3.8, 4) is 22.7 Å². The van der Waals surface area contributed by atoms with E-state index in [1.807, 2.05) is 36.4 Å². The van der Waals surface area contributed by atoms with Gasteiger partial charge in [0.2, 0.25) is 0 Å². The SMILES string of the molecule is Cc1cccc(OCC(C)C)c1-n1nc2c(c1-c1ccc(NC(N)=O)cc1)CN(C1CCCCC1)CC2. The van der Waals surface area contributed by atoms with Gasteiger partial charge in [-0.15, -0.1) is 0 Å². The predicted octanol–water partition coefficient (Wildman–Crippen LogP) is 6.06. The molecule has 2 amide bonds. The summed E-state index contributed by atoms with van der Waals surface area (Å²) in [6, 6.07) is 14.2. The van der Waals surface area contributed by atoms with E-state index >= 15 is 0 Å². The topological polar surface area (TPSA) is 85.4 Å². The van der Waals surface area contributed by atoms with Gasteiger partial charge in [-0.05, 0) is 49.4 Å². The number of primary amides is 1. The summed E-state index contributed by atoms with van der Waals surface area (Å²) in [4.78, 5) is 14.0. The third-order valence-corrected chi connectivity index (χ3v) is 7.57. The Morgan fingerprint density at radius 3 is 2.59 bits per heavy atom. The molecule has 0 spiro atoms. The van der Waals surface area contributed by atoms with Gasteiger partial charge in [0.25, 0.3) is 0 Å². The van der Waals surface area contributed by atoms with Crippen LogP contribution in [0.2, 0.25) is 0 Å². The number of aryl methyl sites for hydroxylation is 1. The zero-order valence-corrected chi connectivity index (χ0v) is 22.3. The summed E-state index contributed by atoms with van der Waals surface area (Å²) in [6.45, 7) is 9.06. The number of para-hydroxylation sites is 1. The summed E-state index contributed by atoms with van der Waals surface area (Å²) in [7, 11) is 0. The largest absolute Gasteiger partial charge is 0.491 e. The van der Waals surface area contributed by atoms with Crippen molar-refractivity contribution in [1.82, 2.24) is 14.7 Å². The number of nitrogens with one attached hydrogen (secondary N) is 1. The van der Waals surface area contributed by atoms with Crippen molar-refractivity contribution >= 4 is 11.7 Å². The molecule has 7 nitrogen and oxygen atoms in total. The Bertz CT molecular complexity index is 1240. The average molecular weight is 502 g/mol. The first-order valence-electron chi connectivity index (χ1n) is 13.6. The highest BCUT2D eigenvalue weighted by Crippen LogP contribution is 2.38. The second-order valence-electron chi connectivity index (χ2n) is 10.9. The fraction of sp³-hybridized carbons (Fsp3) is 0.467. The van der Waals surface area contributed by atoms with Gasteiger partial charge in [0.05, 0.1) is 18.0 Å². The lowest BCUT2D eigenvalue weighted by atomic mass is 9.91. The number of fused-ring (bicyclic) bond motifs is 1. The van der Waals surface area contributed by atoms with Gasteiger partial charge < -0.3 is 15.8 Å². The van der Waals surface area contributed by atoms with Crippen molar-refractivity contribution in [1.29, 1.82) is 0 Å². The van der Waals surface area contributed by atoms with Crippen molar-refractivity contribution < 1.29 is 9.53 Å². The van der Waals surface area contributed by atoms with Gasteiger partial charge in [-0.1, -0.05) is 57.4 Å². The minimum absolute atomic E-state index is 0.424. The first-order chi connectivity index (χ1) is 17.9. The van der Waals surface area contributed by atoms with Crippen LogP contribution in [0.5, 0.6) is 5.75 Å². The molecule has 2 aromatic carbocycles.